The molecule has 1 fully saturated rings. The molecule has 0 unspecified atom stereocenters. The summed E-state index contributed by atoms with van der Waals surface area (Å²) in [5.41, 5.74) is 7.42. The number of anilines is 1. The van der Waals surface area contributed by atoms with Crippen LogP contribution in [0.5, 0.6) is 5.88 Å². The summed E-state index contributed by atoms with van der Waals surface area (Å²) < 4.78 is 37.0. The fraction of sp³-hybridized carbons (Fsp3) is 0.400. The van der Waals surface area contributed by atoms with Crippen LogP contribution in [0.25, 0.3) is 0 Å². The van der Waals surface area contributed by atoms with Crippen molar-refractivity contribution in [3.8, 4) is 5.88 Å². The standard InChI is InChI=1S/C18H22N4O2.C2H3F3/c19-12-14-8-9-20-17(11-14)24-16-7-4-10-22(13-16)18(23)21-15-5-2-1-3-6-15;1-2(3,4)5/h1-3,5-6,8-9,11,16H,4,7,10,12-13,19H2,(H,21,23);1H3/t16-;/m0./s1. The number of likely N-dealkylation sites (tertiary alicyclic amines) is 1. The van der Waals surface area contributed by atoms with Crippen molar-refractivity contribution in [3.05, 3.63) is 54.2 Å². The number of ether oxygens (including phenoxy) is 1. The maximum atomic E-state index is 12.4. The minimum atomic E-state index is -4.00. The molecule has 0 radical (unpaired) electrons. The molecule has 1 atom stereocenters. The summed E-state index contributed by atoms with van der Waals surface area (Å²) in [5.74, 6) is 0.563. The van der Waals surface area contributed by atoms with Crippen LogP contribution in [0.1, 0.15) is 25.3 Å². The molecule has 1 aromatic heterocycles. The zero-order chi connectivity index (χ0) is 21.3. The molecule has 1 aromatic carbocycles. The Morgan fingerprint density at radius 1 is 1.31 bits per heavy atom. The summed E-state index contributed by atoms with van der Waals surface area (Å²) in [6, 6.07) is 13.1. The third-order valence-corrected chi connectivity index (χ3v) is 4.01. The summed E-state index contributed by atoms with van der Waals surface area (Å²) >= 11 is 0. The van der Waals surface area contributed by atoms with Gasteiger partial charge in [0, 0.05) is 38.0 Å². The third-order valence-electron chi connectivity index (χ3n) is 4.01. The molecule has 2 aromatic rings. The number of benzene rings is 1. The van der Waals surface area contributed by atoms with E-state index >= 15 is 0 Å². The van der Waals surface area contributed by atoms with Crippen molar-refractivity contribution in [2.45, 2.75) is 38.6 Å². The van der Waals surface area contributed by atoms with E-state index in [-0.39, 0.29) is 19.1 Å². The van der Waals surface area contributed by atoms with Crippen molar-refractivity contribution >= 4 is 11.7 Å². The van der Waals surface area contributed by atoms with E-state index in [9.17, 15) is 18.0 Å². The van der Waals surface area contributed by atoms with Crippen LogP contribution in [-0.2, 0) is 6.54 Å². The van der Waals surface area contributed by atoms with Gasteiger partial charge in [0.15, 0.2) is 0 Å². The number of alkyl halides is 3. The summed E-state index contributed by atoms with van der Waals surface area (Å²) in [4.78, 5) is 18.4. The number of para-hydroxylation sites is 1. The summed E-state index contributed by atoms with van der Waals surface area (Å²) in [6.45, 7) is 1.92. The number of piperidine rings is 1. The van der Waals surface area contributed by atoms with Gasteiger partial charge >= 0.3 is 12.2 Å². The van der Waals surface area contributed by atoms with Gasteiger partial charge in [0.1, 0.15) is 6.10 Å². The van der Waals surface area contributed by atoms with E-state index < -0.39 is 6.18 Å². The second-order valence-corrected chi connectivity index (χ2v) is 6.61. The van der Waals surface area contributed by atoms with Crippen LogP contribution in [0.3, 0.4) is 0 Å². The number of halogens is 3. The SMILES string of the molecule is CC(F)(F)F.NCc1ccnc(O[C@H]2CCCN(C(=O)Nc3ccccc3)C2)c1. The number of hydrogen-bond donors (Lipinski definition) is 2. The van der Waals surface area contributed by atoms with E-state index in [1.807, 2.05) is 42.5 Å². The van der Waals surface area contributed by atoms with E-state index in [1.165, 1.54) is 0 Å². The minimum Gasteiger partial charge on any atom is -0.472 e. The fourth-order valence-electron chi connectivity index (χ4n) is 2.76. The van der Waals surface area contributed by atoms with Crippen LogP contribution in [-0.4, -0.2) is 41.3 Å². The van der Waals surface area contributed by atoms with Gasteiger partial charge in [-0.1, -0.05) is 18.2 Å². The van der Waals surface area contributed by atoms with Crippen molar-refractivity contribution < 1.29 is 22.7 Å². The van der Waals surface area contributed by atoms with Gasteiger partial charge in [-0.05, 0) is 36.6 Å². The minimum absolute atomic E-state index is 0.0548. The zero-order valence-electron chi connectivity index (χ0n) is 16.2. The Labute approximate surface area is 167 Å². The number of aromatic nitrogens is 1. The second kappa shape index (κ2) is 10.7. The lowest BCUT2D eigenvalue weighted by Gasteiger charge is -2.32. The van der Waals surface area contributed by atoms with Gasteiger partial charge in [-0.25, -0.2) is 9.78 Å². The molecule has 1 aliphatic rings. The van der Waals surface area contributed by atoms with E-state index in [0.29, 0.717) is 19.0 Å². The Balaban J connectivity index is 0.000000537. The predicted molar refractivity (Wildman–Crippen MR) is 105 cm³/mol. The lowest BCUT2D eigenvalue weighted by atomic mass is 10.1. The molecule has 3 N–H and O–H groups in total. The smallest absolute Gasteiger partial charge is 0.386 e. The fourth-order valence-corrected chi connectivity index (χ4v) is 2.76. The van der Waals surface area contributed by atoms with E-state index in [2.05, 4.69) is 10.3 Å². The highest BCUT2D eigenvalue weighted by Crippen LogP contribution is 2.18. The first-order valence-corrected chi connectivity index (χ1v) is 9.24. The quantitative estimate of drug-likeness (QED) is 0.792. The van der Waals surface area contributed by atoms with Crippen LogP contribution >= 0.6 is 0 Å². The molecule has 2 heterocycles. The number of pyridine rings is 1. The number of nitrogens with zero attached hydrogens (tertiary/aromatic N) is 2. The Kier molecular flexibility index (Phi) is 8.26. The van der Waals surface area contributed by atoms with Crippen molar-refractivity contribution in [1.82, 2.24) is 9.88 Å². The van der Waals surface area contributed by atoms with Gasteiger partial charge in [-0.3, -0.25) is 0 Å². The monoisotopic (exact) mass is 410 g/mol. The van der Waals surface area contributed by atoms with E-state index in [4.69, 9.17) is 10.5 Å². The molecule has 0 bridgehead atoms. The molecule has 2 amide bonds. The van der Waals surface area contributed by atoms with Gasteiger partial charge in [-0.15, -0.1) is 0 Å². The van der Waals surface area contributed by atoms with Crippen molar-refractivity contribution in [3.63, 3.8) is 0 Å². The maximum absolute atomic E-state index is 12.4. The molecule has 9 heteroatoms. The number of nitrogens with one attached hydrogen (secondary N) is 1. The molecule has 0 spiro atoms. The summed E-state index contributed by atoms with van der Waals surface area (Å²) in [6.07, 6.45) is -0.548. The Morgan fingerprint density at radius 3 is 2.66 bits per heavy atom. The highest BCUT2D eigenvalue weighted by Gasteiger charge is 2.25. The molecule has 1 aliphatic heterocycles. The first-order valence-electron chi connectivity index (χ1n) is 9.24. The first-order chi connectivity index (χ1) is 13.7. The van der Waals surface area contributed by atoms with Crippen LogP contribution < -0.4 is 15.8 Å². The van der Waals surface area contributed by atoms with Gasteiger partial charge in [0.25, 0.3) is 0 Å². The predicted octanol–water partition coefficient (Wildman–Crippen LogP) is 4.18. The van der Waals surface area contributed by atoms with Crippen LogP contribution in [0, 0.1) is 0 Å². The average molecular weight is 410 g/mol. The number of hydrogen-bond acceptors (Lipinski definition) is 4. The Morgan fingerprint density at radius 2 is 2.00 bits per heavy atom. The van der Waals surface area contributed by atoms with Crippen LogP contribution in [0.2, 0.25) is 0 Å². The number of amides is 2. The highest BCUT2D eigenvalue weighted by molar-refractivity contribution is 5.89. The Bertz CT molecular complexity index is 766. The normalized spacial score (nSPS) is 16.4. The zero-order valence-corrected chi connectivity index (χ0v) is 16.2. The summed E-state index contributed by atoms with van der Waals surface area (Å²) in [7, 11) is 0. The molecular weight excluding hydrogens is 385 g/mol. The van der Waals surface area contributed by atoms with E-state index in [1.54, 1.807) is 11.1 Å². The molecule has 29 heavy (non-hydrogen) atoms. The average Bonchev–Trinajstić information content (AvgIpc) is 2.68. The molecule has 0 aliphatic carbocycles. The lowest BCUT2D eigenvalue weighted by Crippen LogP contribution is -2.46. The van der Waals surface area contributed by atoms with Gasteiger partial charge < -0.3 is 20.7 Å². The number of urea groups is 1. The molecule has 158 valence electrons. The Hall–Kier alpha value is -2.81. The molecule has 1 saturated heterocycles. The number of carbonyl (C=O) groups excluding carboxylic acids is 1. The topological polar surface area (TPSA) is 80.5 Å². The van der Waals surface area contributed by atoms with Crippen molar-refractivity contribution in [2.24, 2.45) is 5.73 Å². The van der Waals surface area contributed by atoms with Gasteiger partial charge in [-0.2, -0.15) is 13.2 Å². The van der Waals surface area contributed by atoms with Crippen LogP contribution in [0.4, 0.5) is 23.7 Å². The number of rotatable bonds is 4. The van der Waals surface area contributed by atoms with Gasteiger partial charge in [0.05, 0.1) is 6.54 Å². The molecule has 6 nitrogen and oxygen atoms in total. The molecule has 0 saturated carbocycles. The number of nitrogens with two attached hydrogens (primary N) is 1. The third kappa shape index (κ3) is 8.82. The van der Waals surface area contributed by atoms with E-state index in [0.717, 1.165) is 30.6 Å². The van der Waals surface area contributed by atoms with Crippen LogP contribution in [0.15, 0.2) is 48.7 Å². The lowest BCUT2D eigenvalue weighted by molar-refractivity contribution is -0.110. The number of carbonyl (C=O) groups is 1. The first kappa shape index (κ1) is 22.5. The molecule has 3 rings (SSSR count). The second-order valence-electron chi connectivity index (χ2n) is 6.61. The summed E-state index contributed by atoms with van der Waals surface area (Å²) in [5, 5.41) is 2.91. The highest BCUT2D eigenvalue weighted by atomic mass is 19.4. The molecular formula is C20H25F3N4O2. The largest absolute Gasteiger partial charge is 0.472 e. The maximum Gasteiger partial charge on any atom is 0.386 e. The van der Waals surface area contributed by atoms with Crippen molar-refractivity contribution in [1.29, 1.82) is 0 Å². The van der Waals surface area contributed by atoms with Crippen molar-refractivity contribution in [2.75, 3.05) is 18.4 Å². The van der Waals surface area contributed by atoms with Gasteiger partial charge in [0.2, 0.25) is 5.88 Å².